The second-order valence-corrected chi connectivity index (χ2v) is 7.01. The molecule has 0 aromatic carbocycles. The number of nitrogens with zero attached hydrogens (tertiary/aromatic N) is 2. The summed E-state index contributed by atoms with van der Waals surface area (Å²) in [5.74, 6) is 0.924. The molecule has 1 aliphatic heterocycles. The van der Waals surface area contributed by atoms with Crippen molar-refractivity contribution in [3.63, 3.8) is 0 Å². The monoisotopic (exact) mass is 448 g/mol. The third-order valence-electron chi connectivity index (χ3n) is 3.47. The van der Waals surface area contributed by atoms with Crippen molar-refractivity contribution in [2.45, 2.75) is 32.8 Å². The lowest BCUT2D eigenvalue weighted by atomic mass is 10.1. The SMILES string of the molecule is CCOC1CCN(C(=NC)NCCNS(=O)(=O)CC)CC1.I. The van der Waals surface area contributed by atoms with Gasteiger partial charge in [0.25, 0.3) is 0 Å². The number of hydrogen-bond acceptors (Lipinski definition) is 4. The van der Waals surface area contributed by atoms with Gasteiger partial charge in [-0.1, -0.05) is 0 Å². The molecule has 0 radical (unpaired) electrons. The summed E-state index contributed by atoms with van der Waals surface area (Å²) in [5.41, 5.74) is 0. The summed E-state index contributed by atoms with van der Waals surface area (Å²) < 4.78 is 30.8. The molecule has 1 heterocycles. The minimum absolute atomic E-state index is 0. The van der Waals surface area contributed by atoms with Gasteiger partial charge in [0, 0.05) is 39.8 Å². The Labute approximate surface area is 151 Å². The molecule has 2 N–H and O–H groups in total. The molecule has 132 valence electrons. The van der Waals surface area contributed by atoms with Gasteiger partial charge >= 0.3 is 0 Å². The van der Waals surface area contributed by atoms with Crippen LogP contribution in [0.1, 0.15) is 26.7 Å². The highest BCUT2D eigenvalue weighted by Gasteiger charge is 2.21. The molecule has 7 nitrogen and oxygen atoms in total. The van der Waals surface area contributed by atoms with E-state index in [0.717, 1.165) is 38.5 Å². The first-order chi connectivity index (χ1) is 10.0. The number of nitrogens with one attached hydrogen (secondary N) is 2. The first kappa shape index (κ1) is 21.9. The highest BCUT2D eigenvalue weighted by atomic mass is 127. The largest absolute Gasteiger partial charge is 0.378 e. The van der Waals surface area contributed by atoms with Gasteiger partial charge in [-0.25, -0.2) is 13.1 Å². The van der Waals surface area contributed by atoms with Crippen molar-refractivity contribution in [1.29, 1.82) is 0 Å². The van der Waals surface area contributed by atoms with Crippen LogP contribution in [0.4, 0.5) is 0 Å². The summed E-state index contributed by atoms with van der Waals surface area (Å²) in [6.45, 7) is 7.11. The smallest absolute Gasteiger partial charge is 0.211 e. The van der Waals surface area contributed by atoms with Crippen LogP contribution in [0.25, 0.3) is 0 Å². The zero-order valence-corrected chi connectivity index (χ0v) is 16.8. The molecule has 0 atom stereocenters. The number of aliphatic imine (C=N–C) groups is 1. The van der Waals surface area contributed by atoms with Gasteiger partial charge in [0.2, 0.25) is 10.0 Å². The molecule has 0 unspecified atom stereocenters. The number of likely N-dealkylation sites (tertiary alicyclic amines) is 1. The first-order valence-corrected chi connectivity index (χ1v) is 9.22. The predicted octanol–water partition coefficient (Wildman–Crippen LogP) is 0.620. The van der Waals surface area contributed by atoms with Crippen LogP contribution in [0.15, 0.2) is 4.99 Å². The fraction of sp³-hybridized carbons (Fsp3) is 0.923. The summed E-state index contributed by atoms with van der Waals surface area (Å²) in [4.78, 5) is 6.43. The van der Waals surface area contributed by atoms with Crippen molar-refractivity contribution < 1.29 is 13.2 Å². The summed E-state index contributed by atoms with van der Waals surface area (Å²) in [6, 6.07) is 0. The van der Waals surface area contributed by atoms with Crippen LogP contribution in [0, 0.1) is 0 Å². The van der Waals surface area contributed by atoms with Crippen LogP contribution >= 0.6 is 24.0 Å². The lowest BCUT2D eigenvalue weighted by Crippen LogP contribution is -2.48. The number of piperidine rings is 1. The van der Waals surface area contributed by atoms with Gasteiger partial charge in [0.15, 0.2) is 5.96 Å². The van der Waals surface area contributed by atoms with Gasteiger partial charge in [-0.15, -0.1) is 24.0 Å². The lowest BCUT2D eigenvalue weighted by Gasteiger charge is -2.34. The second-order valence-electron chi connectivity index (χ2n) is 4.91. The van der Waals surface area contributed by atoms with E-state index in [-0.39, 0.29) is 29.7 Å². The van der Waals surface area contributed by atoms with Gasteiger partial charge in [-0.2, -0.15) is 0 Å². The third-order valence-corrected chi connectivity index (χ3v) is 4.87. The highest BCUT2D eigenvalue weighted by Crippen LogP contribution is 2.13. The molecule has 0 amide bonds. The van der Waals surface area contributed by atoms with Crippen molar-refractivity contribution in [1.82, 2.24) is 14.9 Å². The van der Waals surface area contributed by atoms with Gasteiger partial charge in [0.1, 0.15) is 0 Å². The molecule has 0 spiro atoms. The number of halogens is 1. The maximum absolute atomic E-state index is 11.3. The molecule has 1 fully saturated rings. The Bertz CT molecular complexity index is 423. The van der Waals surface area contributed by atoms with Crippen LogP contribution in [0.2, 0.25) is 0 Å². The summed E-state index contributed by atoms with van der Waals surface area (Å²) in [6.07, 6.45) is 2.34. The van der Waals surface area contributed by atoms with Crippen molar-refractivity contribution in [3.8, 4) is 0 Å². The van der Waals surface area contributed by atoms with E-state index in [2.05, 4.69) is 19.9 Å². The average Bonchev–Trinajstić information content (AvgIpc) is 2.49. The molecule has 0 aromatic rings. The number of hydrogen-bond donors (Lipinski definition) is 2. The molecule has 0 aromatic heterocycles. The Morgan fingerprint density at radius 3 is 2.41 bits per heavy atom. The standard InChI is InChI=1S/C13H28N4O3S.HI/c1-4-20-12-6-10-17(11-7-12)13(14-3)15-8-9-16-21(18,19)5-2;/h12,16H,4-11H2,1-3H3,(H,14,15);1H. The predicted molar refractivity (Wildman–Crippen MR) is 100 cm³/mol. The van der Waals surface area contributed by atoms with Crippen molar-refractivity contribution in [3.05, 3.63) is 0 Å². The van der Waals surface area contributed by atoms with E-state index in [1.54, 1.807) is 14.0 Å². The normalized spacial score (nSPS) is 17.2. The Kier molecular flexibility index (Phi) is 11.3. The number of sulfonamides is 1. The van der Waals surface area contributed by atoms with Gasteiger partial charge < -0.3 is 15.0 Å². The second kappa shape index (κ2) is 11.4. The highest BCUT2D eigenvalue weighted by molar-refractivity contribution is 14.0. The summed E-state index contributed by atoms with van der Waals surface area (Å²) >= 11 is 0. The van der Waals surface area contributed by atoms with Crippen LogP contribution in [0.3, 0.4) is 0 Å². The Balaban J connectivity index is 0.00000441. The van der Waals surface area contributed by atoms with E-state index in [4.69, 9.17) is 4.74 Å². The number of rotatable bonds is 7. The molecular weight excluding hydrogens is 419 g/mol. The van der Waals surface area contributed by atoms with Gasteiger partial charge in [0.05, 0.1) is 11.9 Å². The van der Waals surface area contributed by atoms with Crippen LogP contribution in [-0.2, 0) is 14.8 Å². The number of guanidine groups is 1. The molecule has 1 saturated heterocycles. The average molecular weight is 448 g/mol. The minimum Gasteiger partial charge on any atom is -0.378 e. The van der Waals surface area contributed by atoms with Crippen molar-refractivity contribution in [2.75, 3.05) is 45.6 Å². The van der Waals surface area contributed by atoms with E-state index < -0.39 is 10.0 Å². The van der Waals surface area contributed by atoms with E-state index >= 15 is 0 Å². The first-order valence-electron chi connectivity index (χ1n) is 7.57. The van der Waals surface area contributed by atoms with Gasteiger partial charge in [-0.3, -0.25) is 4.99 Å². The minimum atomic E-state index is -3.12. The van der Waals surface area contributed by atoms with Crippen LogP contribution in [-0.4, -0.2) is 71.0 Å². The third kappa shape index (κ3) is 7.93. The molecule has 0 aliphatic carbocycles. The van der Waals surface area contributed by atoms with Gasteiger partial charge in [-0.05, 0) is 26.7 Å². The molecule has 0 bridgehead atoms. The number of ether oxygens (including phenoxy) is 1. The molecule has 1 aliphatic rings. The lowest BCUT2D eigenvalue weighted by molar-refractivity contribution is 0.0264. The fourth-order valence-corrected chi connectivity index (χ4v) is 2.90. The topological polar surface area (TPSA) is 83.0 Å². The van der Waals surface area contributed by atoms with Crippen LogP contribution < -0.4 is 10.0 Å². The summed E-state index contributed by atoms with van der Waals surface area (Å²) in [5, 5.41) is 3.19. The summed E-state index contributed by atoms with van der Waals surface area (Å²) in [7, 11) is -1.38. The quantitative estimate of drug-likeness (QED) is 0.258. The zero-order valence-electron chi connectivity index (χ0n) is 13.7. The fourth-order valence-electron chi connectivity index (χ4n) is 2.29. The molecule has 1 rings (SSSR count). The Morgan fingerprint density at radius 2 is 1.91 bits per heavy atom. The van der Waals surface area contributed by atoms with Crippen molar-refractivity contribution >= 4 is 40.0 Å². The molecule has 22 heavy (non-hydrogen) atoms. The van der Waals surface area contributed by atoms with E-state index in [1.165, 1.54) is 0 Å². The zero-order chi connectivity index (χ0) is 15.7. The van der Waals surface area contributed by atoms with E-state index in [9.17, 15) is 8.42 Å². The van der Waals surface area contributed by atoms with Crippen LogP contribution in [0.5, 0.6) is 0 Å². The van der Waals surface area contributed by atoms with Crippen molar-refractivity contribution in [2.24, 2.45) is 4.99 Å². The van der Waals surface area contributed by atoms with E-state index in [1.807, 2.05) is 6.92 Å². The van der Waals surface area contributed by atoms with E-state index in [0.29, 0.717) is 19.2 Å². The maximum Gasteiger partial charge on any atom is 0.211 e. The molecule has 9 heteroatoms. The maximum atomic E-state index is 11.3. The molecular formula is C13H29IN4O3S. The molecule has 0 saturated carbocycles. The Hall–Kier alpha value is -0.130. The Morgan fingerprint density at radius 1 is 1.27 bits per heavy atom.